The Morgan fingerprint density at radius 1 is 0.744 bits per heavy atom. The number of ether oxygens (including phenoxy) is 4. The van der Waals surface area contributed by atoms with Crippen molar-refractivity contribution in [2.75, 3.05) is 28.4 Å². The summed E-state index contributed by atoms with van der Waals surface area (Å²) in [5, 5.41) is 25.3. The van der Waals surface area contributed by atoms with Crippen molar-refractivity contribution in [2.45, 2.75) is 20.3 Å². The maximum Gasteiger partial charge on any atom is 0.229 e. The van der Waals surface area contributed by atoms with Crippen LogP contribution in [0.4, 0.5) is 0 Å². The lowest BCUT2D eigenvalue weighted by molar-refractivity contribution is 0.101. The fourth-order valence-corrected chi connectivity index (χ4v) is 6.37. The first-order valence-electron chi connectivity index (χ1n) is 12.1. The van der Waals surface area contributed by atoms with Crippen molar-refractivity contribution in [3.05, 3.63) is 48.9 Å². The molecule has 198 valence electrons. The van der Waals surface area contributed by atoms with Crippen molar-refractivity contribution in [2.24, 2.45) is 0 Å². The second-order valence-electron chi connectivity index (χ2n) is 9.66. The van der Waals surface area contributed by atoms with Gasteiger partial charge in [-0.3, -0.25) is 14.4 Å². The molecule has 0 atom stereocenters. The fraction of sp³-hybridized carbons (Fsp3) is 0.233. The van der Waals surface area contributed by atoms with Crippen molar-refractivity contribution in [3.8, 4) is 34.5 Å². The number of fused-ring (bicyclic) bond motifs is 1. The number of carbonyl (C=O) groups excluding carboxylic acids is 1. The molecule has 0 radical (unpaired) electrons. The van der Waals surface area contributed by atoms with Crippen molar-refractivity contribution in [3.63, 3.8) is 0 Å². The zero-order chi connectivity index (χ0) is 28.1. The largest absolute Gasteiger partial charge is 0.504 e. The Morgan fingerprint density at radius 2 is 1.38 bits per heavy atom. The highest BCUT2D eigenvalue weighted by Gasteiger charge is 2.33. The molecule has 0 fully saturated rings. The summed E-state index contributed by atoms with van der Waals surface area (Å²) in [4.78, 5) is 40.9. The summed E-state index contributed by atoms with van der Waals surface area (Å²) in [6.07, 6.45) is 0.223. The molecule has 0 bridgehead atoms. The molecule has 0 heterocycles. The molecule has 9 nitrogen and oxygen atoms in total. The number of carbonyl (C=O) groups is 1. The normalized spacial score (nSPS) is 12.7. The minimum absolute atomic E-state index is 0.0168. The van der Waals surface area contributed by atoms with Gasteiger partial charge in [-0.15, -0.1) is 0 Å². The van der Waals surface area contributed by atoms with Crippen LogP contribution in [0.15, 0.2) is 21.7 Å². The van der Waals surface area contributed by atoms with E-state index < -0.39 is 22.4 Å². The SMILES string of the molecule is COc1c(O)c(O)c2cc(OC)c3c(OC)cc(=O)c4c5c(=O)c(OC)c(C(C)=O)c6c5c(c1CC=6C)c2c34. The molecule has 0 saturated heterocycles. The minimum Gasteiger partial charge on any atom is -0.504 e. The number of hydrogen-bond donors (Lipinski definition) is 2. The predicted octanol–water partition coefficient (Wildman–Crippen LogP) is 3.55. The predicted molar refractivity (Wildman–Crippen MR) is 148 cm³/mol. The zero-order valence-corrected chi connectivity index (χ0v) is 22.1. The van der Waals surface area contributed by atoms with Gasteiger partial charge in [0.05, 0.1) is 39.4 Å². The quantitative estimate of drug-likeness (QED) is 0.200. The third-order valence-corrected chi connectivity index (χ3v) is 7.80. The van der Waals surface area contributed by atoms with Gasteiger partial charge in [0.1, 0.15) is 11.5 Å². The van der Waals surface area contributed by atoms with Crippen LogP contribution in [-0.2, 0) is 6.42 Å². The van der Waals surface area contributed by atoms with E-state index in [0.29, 0.717) is 43.3 Å². The summed E-state index contributed by atoms with van der Waals surface area (Å²) in [6, 6.07) is 2.84. The summed E-state index contributed by atoms with van der Waals surface area (Å²) >= 11 is 0. The molecule has 5 aromatic carbocycles. The lowest BCUT2D eigenvalue weighted by Crippen LogP contribution is -2.28. The van der Waals surface area contributed by atoms with Gasteiger partial charge in [-0.1, -0.05) is 5.57 Å². The van der Waals surface area contributed by atoms with Crippen LogP contribution in [0.5, 0.6) is 34.5 Å². The van der Waals surface area contributed by atoms with Gasteiger partial charge in [0, 0.05) is 43.9 Å². The molecule has 2 N–H and O–H groups in total. The van der Waals surface area contributed by atoms with Gasteiger partial charge in [0.2, 0.25) is 11.2 Å². The number of methoxy groups -OCH3 is 4. The smallest absolute Gasteiger partial charge is 0.229 e. The lowest BCUT2D eigenvalue weighted by Gasteiger charge is -2.23. The van der Waals surface area contributed by atoms with E-state index in [1.165, 1.54) is 41.4 Å². The standard InChI is InChI=1S/C30H24O9/c1-10-7-13-20-19-12(26(33)28(35)29(13)38-5)8-15(36-3)22-16(37-4)9-14(32)21(24(19)22)25-23(20)17(10)18(11(2)31)30(39-6)27(25)34/h8-9,33,35H,7H2,1-6H3. The summed E-state index contributed by atoms with van der Waals surface area (Å²) in [5.74, 6) is -1.02. The van der Waals surface area contributed by atoms with Crippen molar-refractivity contribution in [1.29, 1.82) is 0 Å². The maximum absolute atomic E-state index is 14.1. The highest BCUT2D eigenvalue weighted by atomic mass is 16.5. The van der Waals surface area contributed by atoms with Crippen LogP contribution in [0, 0.1) is 0 Å². The second-order valence-corrected chi connectivity index (χ2v) is 9.66. The summed E-state index contributed by atoms with van der Waals surface area (Å²) in [7, 11) is 5.53. The van der Waals surface area contributed by atoms with Crippen molar-refractivity contribution >= 4 is 54.4 Å². The molecule has 9 heteroatoms. The molecule has 0 aromatic heterocycles. The molecule has 0 spiro atoms. The topological polar surface area (TPSA) is 129 Å². The number of ketones is 1. The summed E-state index contributed by atoms with van der Waals surface area (Å²) in [6.45, 7) is 3.16. The highest BCUT2D eigenvalue weighted by Crippen LogP contribution is 2.53. The van der Waals surface area contributed by atoms with E-state index >= 15 is 0 Å². The number of hydrogen-bond acceptors (Lipinski definition) is 9. The van der Waals surface area contributed by atoms with Crippen molar-refractivity contribution in [1.82, 2.24) is 0 Å². The molecular weight excluding hydrogens is 504 g/mol. The first kappa shape index (κ1) is 24.5. The van der Waals surface area contributed by atoms with Gasteiger partial charge in [-0.25, -0.2) is 0 Å². The van der Waals surface area contributed by atoms with Crippen molar-refractivity contribution < 1.29 is 34.0 Å². The highest BCUT2D eigenvalue weighted by molar-refractivity contribution is 6.37. The average molecular weight is 529 g/mol. The van der Waals surface area contributed by atoms with Crippen LogP contribution >= 0.6 is 0 Å². The molecular formula is C30H24O9. The Hall–Kier alpha value is -4.79. The van der Waals surface area contributed by atoms with E-state index in [9.17, 15) is 24.6 Å². The Morgan fingerprint density at radius 3 is 1.97 bits per heavy atom. The summed E-state index contributed by atoms with van der Waals surface area (Å²) < 4.78 is 22.3. The second kappa shape index (κ2) is 8.10. The Kier molecular flexibility index (Phi) is 5.10. The molecule has 0 unspecified atom stereocenters. The Balaban J connectivity index is 2.23. The zero-order valence-electron chi connectivity index (χ0n) is 22.1. The third-order valence-electron chi connectivity index (χ3n) is 7.80. The molecule has 1 aliphatic carbocycles. The molecule has 1 aliphatic rings. The molecule has 39 heavy (non-hydrogen) atoms. The maximum atomic E-state index is 14.1. The van der Waals surface area contributed by atoms with Crippen LogP contribution in [0.2, 0.25) is 0 Å². The molecule has 0 amide bonds. The van der Waals surface area contributed by atoms with Gasteiger partial charge in [0.25, 0.3) is 0 Å². The van der Waals surface area contributed by atoms with Gasteiger partial charge < -0.3 is 29.2 Å². The monoisotopic (exact) mass is 528 g/mol. The number of aromatic hydroxyl groups is 2. The van der Waals surface area contributed by atoms with Crippen LogP contribution in [0.1, 0.15) is 29.8 Å². The lowest BCUT2D eigenvalue weighted by atomic mass is 9.81. The Labute approximate surface area is 220 Å². The fourth-order valence-electron chi connectivity index (χ4n) is 6.37. The van der Waals surface area contributed by atoms with E-state index in [1.54, 1.807) is 13.0 Å². The van der Waals surface area contributed by atoms with Gasteiger partial charge in [0.15, 0.2) is 28.5 Å². The molecule has 0 aliphatic heterocycles. The van der Waals surface area contributed by atoms with E-state index in [4.69, 9.17) is 18.9 Å². The van der Waals surface area contributed by atoms with E-state index in [1.807, 2.05) is 0 Å². The molecule has 5 aromatic rings. The minimum atomic E-state index is -0.619. The van der Waals surface area contributed by atoms with Crippen LogP contribution in [0.25, 0.3) is 48.7 Å². The van der Waals surface area contributed by atoms with E-state index in [2.05, 4.69) is 0 Å². The average Bonchev–Trinajstić information content (AvgIpc) is 3.00. The van der Waals surface area contributed by atoms with E-state index in [0.717, 1.165) is 0 Å². The van der Waals surface area contributed by atoms with Crippen LogP contribution < -0.4 is 35.0 Å². The summed E-state index contributed by atoms with van der Waals surface area (Å²) in [5.41, 5.74) is 0.200. The Bertz CT molecular complexity index is 2130. The molecule has 0 saturated carbocycles. The number of benzene rings is 4. The number of rotatable bonds is 5. The van der Waals surface area contributed by atoms with E-state index in [-0.39, 0.29) is 56.9 Å². The van der Waals surface area contributed by atoms with Gasteiger partial charge in [-0.2, -0.15) is 0 Å². The first-order valence-corrected chi connectivity index (χ1v) is 12.1. The van der Waals surface area contributed by atoms with Crippen LogP contribution in [-0.4, -0.2) is 44.4 Å². The van der Waals surface area contributed by atoms with Gasteiger partial charge >= 0.3 is 0 Å². The molecule has 6 rings (SSSR count). The van der Waals surface area contributed by atoms with Gasteiger partial charge in [-0.05, 0) is 36.9 Å². The first-order chi connectivity index (χ1) is 18.6. The van der Waals surface area contributed by atoms with Crippen LogP contribution in [0.3, 0.4) is 0 Å². The number of Topliss-reactive ketones (excluding diaryl/α,β-unsaturated/α-hetero) is 1. The third kappa shape index (κ3) is 2.81.